The number of carbonyl (C=O) groups is 2. The van der Waals surface area contributed by atoms with Crippen LogP contribution in [0, 0.1) is 0 Å². The minimum absolute atomic E-state index is 0.264. The van der Waals surface area contributed by atoms with Crippen LogP contribution in [0.4, 0.5) is 0 Å². The molecule has 23 heavy (non-hydrogen) atoms. The first-order chi connectivity index (χ1) is 11.1. The summed E-state index contributed by atoms with van der Waals surface area (Å²) in [5, 5.41) is 0. The molecule has 0 aliphatic rings. The molecule has 0 saturated carbocycles. The average molecular weight is 371 g/mol. The van der Waals surface area contributed by atoms with Gasteiger partial charge in [0.15, 0.2) is 12.4 Å². The average Bonchev–Trinajstić information content (AvgIpc) is 2.59. The number of nitrogens with zero attached hydrogens (tertiary/aromatic N) is 2. The number of fused-ring (bicyclic) bond motifs is 1. The zero-order valence-corrected chi connectivity index (χ0v) is 13.5. The Hall–Kier alpha value is -2.60. The van der Waals surface area contributed by atoms with Crippen molar-refractivity contribution in [3.05, 3.63) is 70.5 Å². The van der Waals surface area contributed by atoms with Gasteiger partial charge in [-0.15, -0.1) is 0 Å². The van der Waals surface area contributed by atoms with Gasteiger partial charge in [0.25, 0.3) is 0 Å². The first-order valence-corrected chi connectivity index (χ1v) is 7.59. The van der Waals surface area contributed by atoms with Gasteiger partial charge >= 0.3 is 5.97 Å². The van der Waals surface area contributed by atoms with Crippen molar-refractivity contribution in [2.45, 2.75) is 0 Å². The first-order valence-electron chi connectivity index (χ1n) is 6.80. The molecule has 0 atom stereocenters. The lowest BCUT2D eigenvalue weighted by molar-refractivity contribution is 0.0475. The van der Waals surface area contributed by atoms with Crippen LogP contribution in [0.3, 0.4) is 0 Å². The summed E-state index contributed by atoms with van der Waals surface area (Å²) >= 11 is 3.30. The normalized spacial score (nSPS) is 10.5. The second-order valence-electron chi connectivity index (χ2n) is 4.77. The van der Waals surface area contributed by atoms with Gasteiger partial charge in [0.05, 0.1) is 16.6 Å². The minimum atomic E-state index is -0.569. The molecule has 0 saturated heterocycles. The van der Waals surface area contributed by atoms with E-state index in [9.17, 15) is 9.59 Å². The summed E-state index contributed by atoms with van der Waals surface area (Å²) in [6.07, 6.45) is 3.13. The molecule has 0 fully saturated rings. The van der Waals surface area contributed by atoms with Crippen molar-refractivity contribution in [2.24, 2.45) is 0 Å². The van der Waals surface area contributed by atoms with Crippen LogP contribution in [0.15, 0.2) is 59.3 Å². The molecule has 0 aliphatic heterocycles. The third kappa shape index (κ3) is 3.60. The molecule has 0 radical (unpaired) electrons. The zero-order chi connectivity index (χ0) is 16.2. The van der Waals surface area contributed by atoms with E-state index in [4.69, 9.17) is 4.74 Å². The number of hydrogen-bond acceptors (Lipinski definition) is 5. The maximum Gasteiger partial charge on any atom is 0.338 e. The third-order valence-corrected chi connectivity index (χ3v) is 3.68. The Bertz CT molecular complexity index is 896. The van der Waals surface area contributed by atoms with Gasteiger partial charge in [-0.3, -0.25) is 14.8 Å². The van der Waals surface area contributed by atoms with Crippen LogP contribution in [-0.4, -0.2) is 28.3 Å². The van der Waals surface area contributed by atoms with E-state index < -0.39 is 5.97 Å². The highest BCUT2D eigenvalue weighted by Crippen LogP contribution is 2.14. The number of halogens is 1. The highest BCUT2D eigenvalue weighted by molar-refractivity contribution is 9.10. The molecule has 0 unspecified atom stereocenters. The predicted octanol–water partition coefficient (Wildman–Crippen LogP) is 3.43. The highest BCUT2D eigenvalue weighted by Gasteiger charge is 2.13. The zero-order valence-electron chi connectivity index (χ0n) is 11.9. The Morgan fingerprint density at radius 2 is 1.74 bits per heavy atom. The summed E-state index contributed by atoms with van der Waals surface area (Å²) in [7, 11) is 0. The maximum absolute atomic E-state index is 12.1. The monoisotopic (exact) mass is 370 g/mol. The number of ether oxygens (including phenoxy) is 1. The van der Waals surface area contributed by atoms with Crippen molar-refractivity contribution in [3.63, 3.8) is 0 Å². The van der Waals surface area contributed by atoms with E-state index in [1.165, 1.54) is 0 Å². The largest absolute Gasteiger partial charge is 0.454 e. The molecule has 0 spiro atoms. The molecule has 0 N–H and O–H groups in total. The molecular formula is C17H11BrN2O3. The van der Waals surface area contributed by atoms with Crippen molar-refractivity contribution >= 4 is 38.7 Å². The van der Waals surface area contributed by atoms with E-state index in [1.54, 1.807) is 48.8 Å². The lowest BCUT2D eigenvalue weighted by Gasteiger charge is -2.05. The molecule has 1 aromatic heterocycles. The summed E-state index contributed by atoms with van der Waals surface area (Å²) in [5.41, 5.74) is 2.10. The molecule has 0 bridgehead atoms. The summed E-state index contributed by atoms with van der Waals surface area (Å²) < 4.78 is 5.88. The summed E-state index contributed by atoms with van der Waals surface area (Å²) in [6.45, 7) is -0.312. The number of rotatable bonds is 4. The van der Waals surface area contributed by atoms with Gasteiger partial charge in [-0.1, -0.05) is 28.1 Å². The van der Waals surface area contributed by atoms with Gasteiger partial charge in [0.1, 0.15) is 0 Å². The van der Waals surface area contributed by atoms with Gasteiger partial charge < -0.3 is 4.74 Å². The summed E-state index contributed by atoms with van der Waals surface area (Å²) in [5.74, 6) is -0.832. The molecule has 3 aromatic rings. The summed E-state index contributed by atoms with van der Waals surface area (Å²) in [6, 6.07) is 11.8. The number of ketones is 1. The van der Waals surface area contributed by atoms with Crippen LogP contribution in [0.2, 0.25) is 0 Å². The third-order valence-electron chi connectivity index (χ3n) is 3.19. The fraction of sp³-hybridized carbons (Fsp3) is 0.0588. The van der Waals surface area contributed by atoms with E-state index in [-0.39, 0.29) is 12.4 Å². The SMILES string of the molecule is O=C(COC(=O)c1ccc2nccnc2c1)c1cccc(Br)c1. The molecule has 0 amide bonds. The Labute approximate surface area is 140 Å². The Kier molecular flexibility index (Phi) is 4.43. The van der Waals surface area contributed by atoms with Crippen molar-refractivity contribution in [2.75, 3.05) is 6.61 Å². The van der Waals surface area contributed by atoms with Crippen molar-refractivity contribution < 1.29 is 14.3 Å². The van der Waals surface area contributed by atoms with Gasteiger partial charge in [-0.2, -0.15) is 0 Å². The predicted molar refractivity (Wildman–Crippen MR) is 88.3 cm³/mol. The fourth-order valence-electron chi connectivity index (χ4n) is 2.05. The maximum atomic E-state index is 12.1. The number of hydrogen-bond donors (Lipinski definition) is 0. The van der Waals surface area contributed by atoms with Crippen molar-refractivity contribution in [3.8, 4) is 0 Å². The molecule has 1 heterocycles. The molecular weight excluding hydrogens is 360 g/mol. The Morgan fingerprint density at radius 1 is 0.957 bits per heavy atom. The van der Waals surface area contributed by atoms with Gasteiger partial charge in [-0.25, -0.2) is 4.79 Å². The Morgan fingerprint density at radius 3 is 2.52 bits per heavy atom. The quantitative estimate of drug-likeness (QED) is 0.519. The van der Waals surface area contributed by atoms with Crippen LogP contribution in [-0.2, 0) is 4.74 Å². The standard InChI is InChI=1S/C17H11BrN2O3/c18-13-3-1-2-11(8-13)16(21)10-23-17(22)12-4-5-14-15(9-12)20-7-6-19-14/h1-9H,10H2. The molecule has 5 nitrogen and oxygen atoms in total. The van der Waals surface area contributed by atoms with Crippen LogP contribution in [0.1, 0.15) is 20.7 Å². The van der Waals surface area contributed by atoms with Crippen molar-refractivity contribution in [1.29, 1.82) is 0 Å². The molecule has 3 rings (SSSR count). The van der Waals surface area contributed by atoms with Gasteiger partial charge in [-0.05, 0) is 30.3 Å². The van der Waals surface area contributed by atoms with Crippen LogP contribution in [0.25, 0.3) is 11.0 Å². The van der Waals surface area contributed by atoms with E-state index in [2.05, 4.69) is 25.9 Å². The fourth-order valence-corrected chi connectivity index (χ4v) is 2.45. The van der Waals surface area contributed by atoms with E-state index >= 15 is 0 Å². The molecule has 114 valence electrons. The number of carbonyl (C=O) groups excluding carboxylic acids is 2. The number of aromatic nitrogens is 2. The second kappa shape index (κ2) is 6.66. The first kappa shape index (κ1) is 15.3. The van der Waals surface area contributed by atoms with Crippen LogP contribution < -0.4 is 0 Å². The van der Waals surface area contributed by atoms with E-state index in [0.717, 1.165) is 4.47 Å². The highest BCUT2D eigenvalue weighted by atomic mass is 79.9. The lowest BCUT2D eigenvalue weighted by Crippen LogP contribution is -2.14. The summed E-state index contributed by atoms with van der Waals surface area (Å²) in [4.78, 5) is 32.3. The lowest BCUT2D eigenvalue weighted by atomic mass is 10.1. The van der Waals surface area contributed by atoms with Crippen LogP contribution >= 0.6 is 15.9 Å². The topological polar surface area (TPSA) is 69.2 Å². The molecule has 6 heteroatoms. The van der Waals surface area contributed by atoms with Gasteiger partial charge in [0.2, 0.25) is 0 Å². The van der Waals surface area contributed by atoms with E-state index in [1.807, 2.05) is 6.07 Å². The van der Waals surface area contributed by atoms with E-state index in [0.29, 0.717) is 22.2 Å². The smallest absolute Gasteiger partial charge is 0.338 e. The van der Waals surface area contributed by atoms with Crippen molar-refractivity contribution in [1.82, 2.24) is 9.97 Å². The number of benzene rings is 2. The van der Waals surface area contributed by atoms with Gasteiger partial charge in [0, 0.05) is 22.4 Å². The van der Waals surface area contributed by atoms with Crippen LogP contribution in [0.5, 0.6) is 0 Å². The minimum Gasteiger partial charge on any atom is -0.454 e. The Balaban J connectivity index is 1.69. The molecule has 0 aliphatic carbocycles. The number of esters is 1. The second-order valence-corrected chi connectivity index (χ2v) is 5.69. The number of Topliss-reactive ketones (excluding diaryl/α,β-unsaturated/α-hetero) is 1. The molecule has 2 aromatic carbocycles.